The van der Waals surface area contributed by atoms with Crippen LogP contribution < -0.4 is 0 Å². The topological polar surface area (TPSA) is 40.6 Å². The molecule has 2 heterocycles. The molecule has 1 saturated heterocycles. The molecular weight excluding hydrogens is 198 g/mol. The van der Waals surface area contributed by atoms with E-state index in [1.807, 2.05) is 0 Å². The molecule has 0 aromatic rings. The highest BCUT2D eigenvalue weighted by atomic mass is 19.1. The van der Waals surface area contributed by atoms with Crippen molar-refractivity contribution in [2.24, 2.45) is 0 Å². The van der Waals surface area contributed by atoms with Gasteiger partial charge in [-0.2, -0.15) is 0 Å². The summed E-state index contributed by atoms with van der Waals surface area (Å²) in [6, 6.07) is -0.381. The van der Waals surface area contributed by atoms with Gasteiger partial charge in [0.25, 0.3) is 0 Å². The number of fused-ring (bicyclic) bond motifs is 1. The molecule has 2 rings (SSSR count). The smallest absolute Gasteiger partial charge is 0.245 e. The first-order valence-electron chi connectivity index (χ1n) is 4.79. The summed E-state index contributed by atoms with van der Waals surface area (Å²) in [4.78, 5) is 23.1. The second-order valence-electron chi connectivity index (χ2n) is 3.55. The zero-order valence-corrected chi connectivity index (χ0v) is 8.10. The summed E-state index contributed by atoms with van der Waals surface area (Å²) in [5.74, 6) is -1.97. The van der Waals surface area contributed by atoms with E-state index in [-0.39, 0.29) is 12.5 Å². The van der Waals surface area contributed by atoms with E-state index in [2.05, 4.69) is 0 Å². The molecule has 15 heavy (non-hydrogen) atoms. The molecule has 2 unspecified atom stereocenters. The van der Waals surface area contributed by atoms with Gasteiger partial charge in [0.15, 0.2) is 0 Å². The van der Waals surface area contributed by atoms with Crippen LogP contribution in [0.25, 0.3) is 0 Å². The average Bonchev–Trinajstić information content (AvgIpc) is 2.46. The molecule has 0 aromatic carbocycles. The van der Waals surface area contributed by atoms with Gasteiger partial charge < -0.3 is 0 Å². The van der Waals surface area contributed by atoms with E-state index >= 15 is 0 Å². The van der Waals surface area contributed by atoms with Crippen LogP contribution in [0.4, 0.5) is 4.39 Å². The van der Waals surface area contributed by atoms with Crippen LogP contribution >= 0.6 is 0 Å². The third-order valence-corrected chi connectivity index (χ3v) is 2.63. The molecule has 0 aromatic heterocycles. The van der Waals surface area contributed by atoms with Crippen molar-refractivity contribution < 1.29 is 14.0 Å². The van der Waals surface area contributed by atoms with Crippen molar-refractivity contribution in [3.05, 3.63) is 12.2 Å². The number of hydrazine groups is 1. The number of hydrogen-bond acceptors (Lipinski definition) is 2. The quantitative estimate of drug-likeness (QED) is 0.359. The second-order valence-corrected chi connectivity index (χ2v) is 3.55. The summed E-state index contributed by atoms with van der Waals surface area (Å²) in [7, 11) is 5.44. The average molecular weight is 208 g/mol. The van der Waals surface area contributed by atoms with Crippen molar-refractivity contribution in [1.82, 2.24) is 10.0 Å². The van der Waals surface area contributed by atoms with Gasteiger partial charge in [-0.25, -0.2) is 10.0 Å². The zero-order chi connectivity index (χ0) is 11.0. The normalized spacial score (nSPS) is 29.9. The number of hydrogen-bond donors (Lipinski definition) is 0. The number of alkyl halides is 1. The van der Waals surface area contributed by atoms with E-state index in [4.69, 9.17) is 7.85 Å². The highest BCUT2D eigenvalue weighted by Crippen LogP contribution is 2.28. The lowest BCUT2D eigenvalue weighted by molar-refractivity contribution is -0.150. The molecule has 0 N–H and O–H groups in total. The fourth-order valence-electron chi connectivity index (χ4n) is 1.88. The molecule has 0 spiro atoms. The van der Waals surface area contributed by atoms with Crippen molar-refractivity contribution in [1.29, 1.82) is 0 Å². The minimum absolute atomic E-state index is 0.193. The van der Waals surface area contributed by atoms with E-state index < -0.39 is 24.3 Å². The van der Waals surface area contributed by atoms with E-state index in [1.165, 1.54) is 10.0 Å². The van der Waals surface area contributed by atoms with Crippen LogP contribution in [-0.4, -0.2) is 48.9 Å². The number of rotatable bonds is 2. The van der Waals surface area contributed by atoms with Crippen molar-refractivity contribution in [2.75, 3.05) is 13.2 Å². The molecule has 2 atom stereocenters. The van der Waals surface area contributed by atoms with Gasteiger partial charge >= 0.3 is 0 Å². The Kier molecular flexibility index (Phi) is 2.50. The van der Waals surface area contributed by atoms with Gasteiger partial charge in [0.1, 0.15) is 0 Å². The molecule has 2 aliphatic heterocycles. The van der Waals surface area contributed by atoms with Crippen LogP contribution in [0.15, 0.2) is 12.2 Å². The lowest BCUT2D eigenvalue weighted by Crippen LogP contribution is -2.49. The predicted octanol–water partition coefficient (Wildman–Crippen LogP) is -0.173. The Balaban J connectivity index is 2.26. The predicted molar refractivity (Wildman–Crippen MR) is 51.6 cm³/mol. The molecule has 2 amide bonds. The van der Waals surface area contributed by atoms with Crippen molar-refractivity contribution in [2.45, 2.75) is 18.3 Å². The molecule has 78 valence electrons. The maximum atomic E-state index is 12.2. The number of amides is 2. The zero-order valence-electron chi connectivity index (χ0n) is 8.10. The Hall–Kier alpha value is -1.33. The number of halogens is 1. The first-order valence-corrected chi connectivity index (χ1v) is 4.79. The van der Waals surface area contributed by atoms with Gasteiger partial charge in [-0.1, -0.05) is 12.2 Å². The molecular formula is C9H10BFN2O2. The molecule has 0 aliphatic carbocycles. The number of carbonyl (C=O) groups excluding carboxylic acids is 2. The Morgan fingerprint density at radius 2 is 2.20 bits per heavy atom. The van der Waals surface area contributed by atoms with Gasteiger partial charge in [-0.3, -0.25) is 14.0 Å². The summed E-state index contributed by atoms with van der Waals surface area (Å²) < 4.78 is 12.2. The van der Waals surface area contributed by atoms with Crippen LogP contribution in [0.1, 0.15) is 6.42 Å². The summed E-state index contributed by atoms with van der Waals surface area (Å²) >= 11 is 0. The minimum Gasteiger partial charge on any atom is -0.273 e. The van der Waals surface area contributed by atoms with E-state index in [0.29, 0.717) is 6.54 Å². The fraction of sp³-hybridized carbons (Fsp3) is 0.556. The molecule has 1 fully saturated rings. The highest BCUT2D eigenvalue weighted by Gasteiger charge is 2.45. The van der Waals surface area contributed by atoms with E-state index in [0.717, 1.165) is 0 Å². The number of nitrogens with zero attached hydrogens (tertiary/aromatic N) is 2. The summed E-state index contributed by atoms with van der Waals surface area (Å²) in [5, 5.41) is 2.56. The Bertz CT molecular complexity index is 334. The maximum absolute atomic E-state index is 12.2. The van der Waals surface area contributed by atoms with Gasteiger partial charge in [0.2, 0.25) is 11.8 Å². The van der Waals surface area contributed by atoms with Gasteiger partial charge in [-0.05, 0) is 0 Å². The Morgan fingerprint density at radius 3 is 2.87 bits per heavy atom. The molecule has 0 bridgehead atoms. The minimum atomic E-state index is -1.12. The Labute approximate surface area is 88.1 Å². The van der Waals surface area contributed by atoms with Gasteiger partial charge in [-0.15, -0.1) is 0 Å². The largest absolute Gasteiger partial charge is 0.273 e. The van der Waals surface area contributed by atoms with Crippen molar-refractivity contribution in [3.63, 3.8) is 0 Å². The fourth-order valence-corrected chi connectivity index (χ4v) is 1.88. The second kappa shape index (κ2) is 3.68. The first-order chi connectivity index (χ1) is 7.16. The van der Waals surface area contributed by atoms with Crippen LogP contribution in [0, 0.1) is 0 Å². The molecule has 2 aliphatic rings. The third kappa shape index (κ3) is 1.44. The van der Waals surface area contributed by atoms with Crippen LogP contribution in [0.5, 0.6) is 0 Å². The maximum Gasteiger partial charge on any atom is 0.245 e. The third-order valence-electron chi connectivity index (χ3n) is 2.63. The standard InChI is InChI=1S/C9H10BFN2O2/c10-7-8(14)12-5-1-2-6(3-4-11)13(12)9(7)15/h1-2,6-7H,3-5H2. The van der Waals surface area contributed by atoms with E-state index in [9.17, 15) is 14.0 Å². The molecule has 2 radical (unpaired) electrons. The summed E-state index contributed by atoms with van der Waals surface area (Å²) in [6.07, 6.45) is 3.68. The van der Waals surface area contributed by atoms with E-state index in [1.54, 1.807) is 12.2 Å². The van der Waals surface area contributed by atoms with Crippen LogP contribution in [0.2, 0.25) is 5.82 Å². The van der Waals surface area contributed by atoms with Gasteiger partial charge in [0, 0.05) is 6.42 Å². The lowest BCUT2D eigenvalue weighted by atomic mass is 9.87. The SMILES string of the molecule is [B]C1C(=O)N2CC=CC(CCF)N2C1=O. The monoisotopic (exact) mass is 208 g/mol. The van der Waals surface area contributed by atoms with Crippen LogP contribution in [-0.2, 0) is 9.59 Å². The highest BCUT2D eigenvalue weighted by molar-refractivity contribution is 6.37. The van der Waals surface area contributed by atoms with Crippen LogP contribution in [0.3, 0.4) is 0 Å². The van der Waals surface area contributed by atoms with Crippen molar-refractivity contribution >= 4 is 19.7 Å². The lowest BCUT2D eigenvalue weighted by Gasteiger charge is -2.35. The molecule has 0 saturated carbocycles. The number of carbonyl (C=O) groups is 2. The first kappa shape index (κ1) is 10.2. The molecule has 4 nitrogen and oxygen atoms in total. The van der Waals surface area contributed by atoms with Crippen molar-refractivity contribution in [3.8, 4) is 0 Å². The Morgan fingerprint density at radius 1 is 1.47 bits per heavy atom. The molecule has 6 heteroatoms. The summed E-state index contributed by atoms with van der Waals surface area (Å²) in [5.41, 5.74) is 0. The summed E-state index contributed by atoms with van der Waals surface area (Å²) in [6.45, 7) is -0.197. The van der Waals surface area contributed by atoms with Gasteiger partial charge in [0.05, 0.1) is 32.9 Å².